The third-order valence-corrected chi connectivity index (χ3v) is 13.4. The van der Waals surface area contributed by atoms with Crippen LogP contribution in [0.1, 0.15) is 166 Å². The van der Waals surface area contributed by atoms with E-state index in [0.717, 1.165) is 35.1 Å². The van der Waals surface area contributed by atoms with Gasteiger partial charge in [0.15, 0.2) is 9.84 Å². The highest BCUT2D eigenvalue weighted by Gasteiger charge is 2.37. The predicted molar refractivity (Wildman–Crippen MR) is 215 cm³/mol. The van der Waals surface area contributed by atoms with E-state index in [1.54, 1.807) is 13.8 Å². The molecule has 2 N–H and O–H groups in total. The fourth-order valence-electron chi connectivity index (χ4n) is 8.40. The highest BCUT2D eigenvalue weighted by molar-refractivity contribution is 7.92. The number of sulfone groups is 1. The third kappa shape index (κ3) is 12.0. The molecule has 0 saturated heterocycles. The molecule has 53 heavy (non-hydrogen) atoms. The van der Waals surface area contributed by atoms with E-state index in [9.17, 15) is 28.2 Å². The first kappa shape index (κ1) is 46.1. The molecule has 8 nitrogen and oxygen atoms in total. The van der Waals surface area contributed by atoms with E-state index in [0.29, 0.717) is 22.3 Å². The number of aromatic hydroxyl groups is 2. The van der Waals surface area contributed by atoms with Crippen molar-refractivity contribution in [2.75, 3.05) is 0 Å². The molecule has 0 spiro atoms. The molecule has 0 saturated carbocycles. The van der Waals surface area contributed by atoms with Gasteiger partial charge >= 0.3 is 11.9 Å². The summed E-state index contributed by atoms with van der Waals surface area (Å²) in [6.45, 7) is 32.2. The molecule has 0 amide bonds. The van der Waals surface area contributed by atoms with Crippen LogP contribution in [0.4, 0.5) is 0 Å². The monoisotopic (exact) mass is 758 g/mol. The number of hydrogen-bond acceptors (Lipinski definition) is 8. The Morgan fingerprint density at radius 3 is 1.19 bits per heavy atom. The molecule has 2 aromatic carbocycles. The molecule has 2 unspecified atom stereocenters. The van der Waals surface area contributed by atoms with Crippen molar-refractivity contribution >= 4 is 21.8 Å². The Morgan fingerprint density at radius 2 is 0.925 bits per heavy atom. The van der Waals surface area contributed by atoms with Gasteiger partial charge in [0.05, 0.1) is 23.3 Å². The average molecular weight is 759 g/mol. The summed E-state index contributed by atoms with van der Waals surface area (Å²) in [6.07, 6.45) is 1.38. The molecule has 300 valence electrons. The summed E-state index contributed by atoms with van der Waals surface area (Å²) in [4.78, 5) is 26.2. The highest BCUT2D eigenvalue weighted by atomic mass is 32.2. The number of phenols is 2. The Kier molecular flexibility index (Phi) is 14.9. The molecule has 0 bridgehead atoms. The first-order chi connectivity index (χ1) is 24.0. The van der Waals surface area contributed by atoms with Crippen LogP contribution in [0, 0.1) is 38.5 Å². The minimum atomic E-state index is -3.92. The molecule has 2 rings (SSSR count). The lowest BCUT2D eigenvalue weighted by Crippen LogP contribution is -2.35. The summed E-state index contributed by atoms with van der Waals surface area (Å²) in [5.41, 5.74) is 5.66. The van der Waals surface area contributed by atoms with Gasteiger partial charge in [-0.3, -0.25) is 9.59 Å². The quantitative estimate of drug-likeness (QED) is 0.162. The summed E-state index contributed by atoms with van der Waals surface area (Å²) >= 11 is 0. The van der Waals surface area contributed by atoms with E-state index in [1.165, 1.54) is 0 Å². The molecular formula is C44H70O8S. The van der Waals surface area contributed by atoms with Crippen LogP contribution >= 0.6 is 0 Å². The van der Waals surface area contributed by atoms with E-state index in [4.69, 9.17) is 9.47 Å². The number of aryl methyl sites for hydroxylation is 2. The van der Waals surface area contributed by atoms with Gasteiger partial charge in [-0.25, -0.2) is 8.42 Å². The lowest BCUT2D eigenvalue weighted by atomic mass is 9.71. The molecule has 0 heterocycles. The molecule has 9 heteroatoms. The number of phenolic OH excluding ortho intramolecular Hbond substituents is 2. The van der Waals surface area contributed by atoms with E-state index in [1.807, 2.05) is 39.8 Å². The minimum Gasteiger partial charge on any atom is -0.507 e. The van der Waals surface area contributed by atoms with E-state index in [-0.39, 0.29) is 72.1 Å². The maximum absolute atomic E-state index is 13.8. The Morgan fingerprint density at radius 1 is 0.623 bits per heavy atom. The van der Waals surface area contributed by atoms with E-state index < -0.39 is 32.3 Å². The van der Waals surface area contributed by atoms with E-state index >= 15 is 0 Å². The van der Waals surface area contributed by atoms with Crippen LogP contribution in [-0.2, 0) is 52.9 Å². The van der Waals surface area contributed by atoms with Crippen molar-refractivity contribution in [2.45, 2.75) is 184 Å². The number of esters is 2. The Hall–Kier alpha value is -3.07. The maximum atomic E-state index is 13.8. The second-order valence-electron chi connectivity index (χ2n) is 19.0. The zero-order chi connectivity index (χ0) is 41.1. The number of carbonyl (C=O) groups is 2. The van der Waals surface area contributed by atoms with Crippen molar-refractivity contribution in [1.82, 2.24) is 0 Å². The Labute approximate surface area is 321 Å². The van der Waals surface area contributed by atoms with Gasteiger partial charge in [0, 0.05) is 11.1 Å². The first-order valence-electron chi connectivity index (χ1n) is 19.2. The van der Waals surface area contributed by atoms with Crippen molar-refractivity contribution in [3.05, 3.63) is 56.6 Å². The van der Waals surface area contributed by atoms with Gasteiger partial charge in [-0.05, 0) is 108 Å². The largest absolute Gasteiger partial charge is 0.507 e. The van der Waals surface area contributed by atoms with Gasteiger partial charge < -0.3 is 19.7 Å². The summed E-state index contributed by atoms with van der Waals surface area (Å²) < 4.78 is 38.8. The average Bonchev–Trinajstić information content (AvgIpc) is 2.99. The number of carbonyl (C=O) groups excluding carboxylic acids is 2. The topological polar surface area (TPSA) is 127 Å². The smallest absolute Gasteiger partial charge is 0.307 e. The lowest BCUT2D eigenvalue weighted by Gasteiger charge is -2.34. The summed E-state index contributed by atoms with van der Waals surface area (Å²) in [5, 5.41) is 20.3. The molecule has 0 fully saturated rings. The highest BCUT2D eigenvalue weighted by Crippen LogP contribution is 2.44. The van der Waals surface area contributed by atoms with Gasteiger partial charge in [0.25, 0.3) is 0 Å². The fraction of sp³-hybridized carbons (Fsp3) is 0.682. The Balaban J connectivity index is 2.15. The summed E-state index contributed by atoms with van der Waals surface area (Å²) in [5.74, 6) is -0.954. The summed E-state index contributed by atoms with van der Waals surface area (Å²) in [6, 6.07) is 3.91. The van der Waals surface area contributed by atoms with Crippen LogP contribution in [0.15, 0.2) is 12.1 Å². The second-order valence-corrected chi connectivity index (χ2v) is 21.5. The summed E-state index contributed by atoms with van der Waals surface area (Å²) in [7, 11) is -3.92. The lowest BCUT2D eigenvalue weighted by molar-refractivity contribution is -0.145. The van der Waals surface area contributed by atoms with Crippen LogP contribution in [0.2, 0.25) is 0 Å². The molecule has 0 aliphatic heterocycles. The van der Waals surface area contributed by atoms with Gasteiger partial charge in [0.2, 0.25) is 0 Å². The van der Waals surface area contributed by atoms with Gasteiger partial charge in [-0.15, -0.1) is 0 Å². The van der Waals surface area contributed by atoms with Crippen LogP contribution in [0.25, 0.3) is 0 Å². The Bertz CT molecular complexity index is 1610. The standard InChI is InChI=1S/C44H70O8S/c1-17-31(21-37(45)51-23-33-27(3)19-35(39(47)29(33)5)43(13,14)25-41(7,8)9)53(49,50)32(18-2)22-38(46)52-24-34-28(4)20-36(40(48)30(34)6)44(15,16)26-42(10,11)12/h19-20,31-32,47-48H,17-18,21-26H2,1-16H3. The van der Waals surface area contributed by atoms with Crippen molar-refractivity contribution in [2.24, 2.45) is 10.8 Å². The van der Waals surface area contributed by atoms with Crippen molar-refractivity contribution < 1.29 is 37.7 Å². The maximum Gasteiger partial charge on any atom is 0.307 e. The second kappa shape index (κ2) is 17.2. The number of ether oxygens (including phenoxy) is 2. The number of benzene rings is 2. The zero-order valence-electron chi connectivity index (χ0n) is 35.7. The van der Waals surface area contributed by atoms with Crippen LogP contribution in [-0.4, -0.2) is 41.1 Å². The fourth-order valence-corrected chi connectivity index (χ4v) is 10.6. The molecule has 2 aromatic rings. The molecular weight excluding hydrogens is 689 g/mol. The molecule has 0 radical (unpaired) electrons. The van der Waals surface area contributed by atoms with Crippen molar-refractivity contribution in [3.63, 3.8) is 0 Å². The molecule has 0 aromatic heterocycles. The van der Waals surface area contributed by atoms with Gasteiger partial charge in [-0.1, -0.05) is 95.2 Å². The molecule has 0 aliphatic rings. The van der Waals surface area contributed by atoms with Gasteiger partial charge in [0.1, 0.15) is 24.7 Å². The van der Waals surface area contributed by atoms with Gasteiger partial charge in [-0.2, -0.15) is 0 Å². The normalized spacial score (nSPS) is 14.2. The zero-order valence-corrected chi connectivity index (χ0v) is 36.5. The SMILES string of the molecule is CCC(CC(=O)OCc1c(C)cc(C(C)(C)CC(C)(C)C)c(O)c1C)S(=O)(=O)C(CC)CC(=O)OCc1c(C)cc(C(C)(C)CC(C)(C)C)c(O)c1C. The third-order valence-electron chi connectivity index (χ3n) is 10.6. The predicted octanol–water partition coefficient (Wildman–Crippen LogP) is 10.3. The minimum absolute atomic E-state index is 0.0543. The van der Waals surface area contributed by atoms with E-state index in [2.05, 4.69) is 69.2 Å². The number of rotatable bonds is 16. The first-order valence-corrected chi connectivity index (χ1v) is 20.8. The van der Waals surface area contributed by atoms with Crippen molar-refractivity contribution in [1.29, 1.82) is 0 Å². The van der Waals surface area contributed by atoms with Crippen LogP contribution in [0.5, 0.6) is 11.5 Å². The molecule has 0 aliphatic carbocycles. The van der Waals surface area contributed by atoms with Crippen molar-refractivity contribution in [3.8, 4) is 11.5 Å². The van der Waals surface area contributed by atoms with Crippen LogP contribution in [0.3, 0.4) is 0 Å². The molecule has 2 atom stereocenters. The van der Waals surface area contributed by atoms with Crippen LogP contribution < -0.4 is 0 Å². The number of hydrogen-bond donors (Lipinski definition) is 2.